The molecular weight excluding hydrogens is 489 g/mol. The average molecular weight is 525 g/mol. The van der Waals surface area contributed by atoms with E-state index in [9.17, 15) is 18.0 Å². The molecule has 0 aliphatic carbocycles. The van der Waals surface area contributed by atoms with Gasteiger partial charge < -0.3 is 15.0 Å². The van der Waals surface area contributed by atoms with Gasteiger partial charge in [-0.1, -0.05) is 56.3 Å². The lowest BCUT2D eigenvalue weighted by Gasteiger charge is -2.33. The van der Waals surface area contributed by atoms with Crippen molar-refractivity contribution >= 4 is 11.6 Å². The summed E-state index contributed by atoms with van der Waals surface area (Å²) in [5.74, 6) is 0.818. The summed E-state index contributed by atoms with van der Waals surface area (Å²) in [6.07, 6.45) is -1.85. The van der Waals surface area contributed by atoms with Crippen LogP contribution in [0.2, 0.25) is 0 Å². The van der Waals surface area contributed by atoms with Crippen molar-refractivity contribution in [3.05, 3.63) is 95.6 Å². The Labute approximate surface area is 222 Å². The van der Waals surface area contributed by atoms with E-state index < -0.39 is 11.7 Å². The number of likely N-dealkylation sites (tertiary alicyclic amines) is 1. The van der Waals surface area contributed by atoms with Gasteiger partial charge in [0, 0.05) is 24.6 Å². The Kier molecular flexibility index (Phi) is 9.10. The smallest absolute Gasteiger partial charge is 0.416 e. The quantitative estimate of drug-likeness (QED) is 0.312. The Hall–Kier alpha value is -3.32. The SMILES string of the molecule is CC(C)C(=O)Nc1cccc(C2CCN(CC[C@H](Oc3ccc(C(F)(F)F)cc3)c3ccccc3)CC2)c1. The van der Waals surface area contributed by atoms with E-state index in [0.717, 1.165) is 62.3 Å². The number of carbonyl (C=O) groups excluding carboxylic acids is 1. The average Bonchev–Trinajstić information content (AvgIpc) is 2.91. The van der Waals surface area contributed by atoms with Crippen LogP contribution in [-0.4, -0.2) is 30.4 Å². The van der Waals surface area contributed by atoms with Crippen LogP contribution in [0, 0.1) is 5.92 Å². The first-order valence-electron chi connectivity index (χ1n) is 13.2. The highest BCUT2D eigenvalue weighted by Gasteiger charge is 2.30. The number of benzene rings is 3. The molecule has 1 saturated heterocycles. The van der Waals surface area contributed by atoms with Gasteiger partial charge >= 0.3 is 6.18 Å². The minimum atomic E-state index is -4.37. The number of hydrogen-bond donors (Lipinski definition) is 1. The third-order valence-electron chi connectivity index (χ3n) is 7.08. The second kappa shape index (κ2) is 12.5. The van der Waals surface area contributed by atoms with Gasteiger partial charge in [-0.05, 0) is 79.4 Å². The Morgan fingerprint density at radius 1 is 0.974 bits per heavy atom. The van der Waals surface area contributed by atoms with Crippen LogP contribution >= 0.6 is 0 Å². The van der Waals surface area contributed by atoms with E-state index in [1.165, 1.54) is 17.7 Å². The molecule has 7 heteroatoms. The maximum Gasteiger partial charge on any atom is 0.416 e. The molecule has 0 radical (unpaired) electrons. The van der Waals surface area contributed by atoms with Gasteiger partial charge in [0.15, 0.2) is 0 Å². The molecule has 1 heterocycles. The molecule has 1 N–H and O–H groups in total. The summed E-state index contributed by atoms with van der Waals surface area (Å²) in [7, 11) is 0. The molecule has 0 spiro atoms. The van der Waals surface area contributed by atoms with Crippen molar-refractivity contribution in [1.29, 1.82) is 0 Å². The first kappa shape index (κ1) is 27.7. The van der Waals surface area contributed by atoms with Crippen LogP contribution in [0.25, 0.3) is 0 Å². The van der Waals surface area contributed by atoms with Crippen LogP contribution in [0.5, 0.6) is 5.75 Å². The number of piperidine rings is 1. The number of amides is 1. The van der Waals surface area contributed by atoms with E-state index in [0.29, 0.717) is 11.7 Å². The Morgan fingerprint density at radius 2 is 1.66 bits per heavy atom. The molecule has 1 aliphatic rings. The largest absolute Gasteiger partial charge is 0.486 e. The van der Waals surface area contributed by atoms with E-state index in [1.54, 1.807) is 0 Å². The number of hydrogen-bond acceptors (Lipinski definition) is 3. The lowest BCUT2D eigenvalue weighted by atomic mass is 9.89. The van der Waals surface area contributed by atoms with E-state index in [1.807, 2.05) is 56.3 Å². The number of carbonyl (C=O) groups is 1. The molecule has 38 heavy (non-hydrogen) atoms. The van der Waals surface area contributed by atoms with Crippen LogP contribution < -0.4 is 10.1 Å². The van der Waals surface area contributed by atoms with Gasteiger partial charge in [0.2, 0.25) is 5.91 Å². The zero-order valence-electron chi connectivity index (χ0n) is 21.9. The van der Waals surface area contributed by atoms with Gasteiger partial charge in [0.1, 0.15) is 11.9 Å². The number of rotatable bonds is 9. The fraction of sp³-hybridized carbons (Fsp3) is 0.387. The predicted molar refractivity (Wildman–Crippen MR) is 144 cm³/mol. The molecule has 4 rings (SSSR count). The van der Waals surface area contributed by atoms with Gasteiger partial charge in [-0.15, -0.1) is 0 Å². The van der Waals surface area contributed by atoms with E-state index in [4.69, 9.17) is 4.74 Å². The van der Waals surface area contributed by atoms with Crippen LogP contribution in [0.15, 0.2) is 78.9 Å². The number of ether oxygens (including phenoxy) is 1. The van der Waals surface area contributed by atoms with E-state index in [-0.39, 0.29) is 17.9 Å². The van der Waals surface area contributed by atoms with Crippen molar-refractivity contribution in [3.63, 3.8) is 0 Å². The Morgan fingerprint density at radius 3 is 2.29 bits per heavy atom. The van der Waals surface area contributed by atoms with Crippen molar-refractivity contribution in [2.75, 3.05) is 25.0 Å². The third-order valence-corrected chi connectivity index (χ3v) is 7.08. The van der Waals surface area contributed by atoms with Gasteiger partial charge in [-0.25, -0.2) is 0 Å². The highest BCUT2D eigenvalue weighted by Crippen LogP contribution is 2.33. The molecule has 202 valence electrons. The van der Waals surface area contributed by atoms with Crippen LogP contribution in [0.4, 0.5) is 18.9 Å². The zero-order chi connectivity index (χ0) is 27.1. The standard InChI is InChI=1S/C31H35F3N2O2/c1-22(2)30(37)35-27-10-6-9-25(21-27)23-15-18-36(19-16-23)20-17-29(24-7-4-3-5-8-24)38-28-13-11-26(12-14-28)31(32,33)34/h3-14,21-23,29H,15-20H2,1-2H3,(H,35,37)/t29-/m0/s1. The molecule has 0 unspecified atom stereocenters. The van der Waals surface area contributed by atoms with Crippen molar-refractivity contribution in [2.45, 2.75) is 51.3 Å². The molecule has 3 aromatic carbocycles. The highest BCUT2D eigenvalue weighted by molar-refractivity contribution is 5.92. The fourth-order valence-electron chi connectivity index (χ4n) is 4.79. The Bertz CT molecular complexity index is 1170. The molecule has 4 nitrogen and oxygen atoms in total. The number of nitrogens with zero attached hydrogens (tertiary/aromatic N) is 1. The second-order valence-electron chi connectivity index (χ2n) is 10.2. The lowest BCUT2D eigenvalue weighted by molar-refractivity contribution is -0.137. The van der Waals surface area contributed by atoms with Crippen LogP contribution in [-0.2, 0) is 11.0 Å². The summed E-state index contributed by atoms with van der Waals surface area (Å²) in [6.45, 7) is 6.50. The summed E-state index contributed by atoms with van der Waals surface area (Å²) >= 11 is 0. The van der Waals surface area contributed by atoms with E-state index in [2.05, 4.69) is 22.3 Å². The summed E-state index contributed by atoms with van der Waals surface area (Å²) in [5, 5.41) is 2.99. The third kappa shape index (κ3) is 7.60. The van der Waals surface area contributed by atoms with Gasteiger partial charge in [-0.3, -0.25) is 4.79 Å². The van der Waals surface area contributed by atoms with E-state index >= 15 is 0 Å². The number of nitrogens with one attached hydrogen (secondary N) is 1. The molecule has 1 amide bonds. The maximum atomic E-state index is 12.9. The molecular formula is C31H35F3N2O2. The molecule has 1 atom stereocenters. The number of anilines is 1. The van der Waals surface area contributed by atoms with Crippen molar-refractivity contribution in [3.8, 4) is 5.75 Å². The van der Waals surface area contributed by atoms with Gasteiger partial charge in [0.25, 0.3) is 0 Å². The highest BCUT2D eigenvalue weighted by atomic mass is 19.4. The zero-order valence-corrected chi connectivity index (χ0v) is 21.9. The summed E-state index contributed by atoms with van der Waals surface area (Å²) in [4.78, 5) is 14.5. The van der Waals surface area contributed by atoms with Gasteiger partial charge in [-0.2, -0.15) is 13.2 Å². The van der Waals surface area contributed by atoms with Gasteiger partial charge in [0.05, 0.1) is 5.56 Å². The molecule has 0 aromatic heterocycles. The minimum Gasteiger partial charge on any atom is -0.486 e. The molecule has 1 aliphatic heterocycles. The van der Waals surface area contributed by atoms with Crippen molar-refractivity contribution in [2.24, 2.45) is 5.92 Å². The lowest BCUT2D eigenvalue weighted by Crippen LogP contribution is -2.34. The molecule has 3 aromatic rings. The summed E-state index contributed by atoms with van der Waals surface area (Å²) in [6, 6.07) is 22.9. The first-order chi connectivity index (χ1) is 18.2. The monoisotopic (exact) mass is 524 g/mol. The van der Waals surface area contributed by atoms with Crippen LogP contribution in [0.3, 0.4) is 0 Å². The van der Waals surface area contributed by atoms with Crippen LogP contribution in [0.1, 0.15) is 61.8 Å². The Balaban J connectivity index is 1.34. The molecule has 0 saturated carbocycles. The summed E-state index contributed by atoms with van der Waals surface area (Å²) < 4.78 is 45.0. The van der Waals surface area contributed by atoms with Crippen molar-refractivity contribution in [1.82, 2.24) is 4.90 Å². The normalized spacial score (nSPS) is 15.8. The maximum absolute atomic E-state index is 12.9. The second-order valence-corrected chi connectivity index (χ2v) is 10.2. The predicted octanol–water partition coefficient (Wildman–Crippen LogP) is 7.69. The number of alkyl halides is 3. The minimum absolute atomic E-state index is 0.0171. The number of halogens is 3. The topological polar surface area (TPSA) is 41.6 Å². The fourth-order valence-corrected chi connectivity index (χ4v) is 4.79. The first-order valence-corrected chi connectivity index (χ1v) is 13.2. The summed E-state index contributed by atoms with van der Waals surface area (Å²) in [5.41, 5.74) is 2.41. The molecule has 0 bridgehead atoms. The van der Waals surface area contributed by atoms with Crippen molar-refractivity contribution < 1.29 is 22.7 Å². The molecule has 1 fully saturated rings.